The number of hydrogen-bond donors (Lipinski definition) is 2. The zero-order valence-electron chi connectivity index (χ0n) is 10.7. The van der Waals surface area contributed by atoms with Gasteiger partial charge in [0.05, 0.1) is 19.1 Å². The lowest BCUT2D eigenvalue weighted by molar-refractivity contribution is -0.121. The maximum atomic E-state index is 11.5. The van der Waals surface area contributed by atoms with Gasteiger partial charge >= 0.3 is 0 Å². The van der Waals surface area contributed by atoms with Crippen LogP contribution in [0.15, 0.2) is 18.2 Å². The second-order valence-electron chi connectivity index (χ2n) is 5.06. The Hall–Kier alpha value is -1.75. The quantitative estimate of drug-likeness (QED) is 0.834. The average Bonchev–Trinajstić information content (AvgIpc) is 3.13. The lowest BCUT2D eigenvalue weighted by Crippen LogP contribution is -2.26. The van der Waals surface area contributed by atoms with Gasteiger partial charge in [0.25, 0.3) is 0 Å². The minimum Gasteiger partial charge on any atom is -0.493 e. The molecule has 102 valence electrons. The standard InChI is InChI=1S/C14H18N2O3/c15-12-8-19-13-7-10(3-4-11(12)13)18-6-5-14(17)16-9-1-2-9/h3-4,7,9,12H,1-2,5-6,8,15H2,(H,16,17). The Kier molecular flexibility index (Phi) is 3.29. The van der Waals surface area contributed by atoms with Gasteiger partial charge in [0.15, 0.2) is 0 Å². The van der Waals surface area contributed by atoms with E-state index in [0.717, 1.165) is 24.2 Å². The smallest absolute Gasteiger partial charge is 0.223 e. The normalized spacial score (nSPS) is 20.6. The molecule has 1 aliphatic heterocycles. The van der Waals surface area contributed by atoms with Crippen LogP contribution in [0.5, 0.6) is 11.5 Å². The van der Waals surface area contributed by atoms with Gasteiger partial charge in [-0.25, -0.2) is 0 Å². The Morgan fingerprint density at radius 2 is 2.32 bits per heavy atom. The summed E-state index contributed by atoms with van der Waals surface area (Å²) >= 11 is 0. The van der Waals surface area contributed by atoms with Gasteiger partial charge in [-0.1, -0.05) is 0 Å². The fraction of sp³-hybridized carbons (Fsp3) is 0.500. The highest BCUT2D eigenvalue weighted by molar-refractivity contribution is 5.76. The van der Waals surface area contributed by atoms with Crippen LogP contribution in [0.4, 0.5) is 0 Å². The van der Waals surface area contributed by atoms with Gasteiger partial charge < -0.3 is 20.5 Å². The molecule has 2 aliphatic rings. The van der Waals surface area contributed by atoms with Gasteiger partial charge in [0.2, 0.25) is 5.91 Å². The number of amides is 1. The summed E-state index contributed by atoms with van der Waals surface area (Å²) in [4.78, 5) is 11.5. The van der Waals surface area contributed by atoms with Crippen molar-refractivity contribution in [1.82, 2.24) is 5.32 Å². The summed E-state index contributed by atoms with van der Waals surface area (Å²) < 4.78 is 11.0. The minimum absolute atomic E-state index is 0.0478. The van der Waals surface area contributed by atoms with Gasteiger partial charge in [-0.05, 0) is 25.0 Å². The maximum Gasteiger partial charge on any atom is 0.223 e. The third-order valence-electron chi connectivity index (χ3n) is 3.34. The van der Waals surface area contributed by atoms with E-state index in [2.05, 4.69) is 5.32 Å². The van der Waals surface area contributed by atoms with Crippen LogP contribution in [0.3, 0.4) is 0 Å². The van der Waals surface area contributed by atoms with Crippen LogP contribution in [-0.4, -0.2) is 25.2 Å². The zero-order valence-corrected chi connectivity index (χ0v) is 10.7. The van der Waals surface area contributed by atoms with Crippen molar-refractivity contribution in [3.63, 3.8) is 0 Å². The highest BCUT2D eigenvalue weighted by atomic mass is 16.5. The minimum atomic E-state index is -0.0478. The molecule has 1 aliphatic carbocycles. The molecule has 0 bridgehead atoms. The second-order valence-corrected chi connectivity index (χ2v) is 5.06. The SMILES string of the molecule is NC1COc2cc(OCCC(=O)NC3CC3)ccc21. The first-order valence-corrected chi connectivity index (χ1v) is 6.67. The van der Waals surface area contributed by atoms with E-state index in [1.165, 1.54) is 0 Å². The van der Waals surface area contributed by atoms with E-state index in [4.69, 9.17) is 15.2 Å². The van der Waals surface area contributed by atoms with Crippen molar-refractivity contribution in [1.29, 1.82) is 0 Å². The first-order chi connectivity index (χ1) is 9.22. The highest BCUT2D eigenvalue weighted by Gasteiger charge is 2.23. The van der Waals surface area contributed by atoms with Gasteiger partial charge in [-0.2, -0.15) is 0 Å². The van der Waals surface area contributed by atoms with Gasteiger partial charge in [0, 0.05) is 17.7 Å². The van der Waals surface area contributed by atoms with Crippen LogP contribution in [0.2, 0.25) is 0 Å². The molecule has 5 heteroatoms. The zero-order chi connectivity index (χ0) is 13.2. The molecule has 1 atom stereocenters. The largest absolute Gasteiger partial charge is 0.493 e. The average molecular weight is 262 g/mol. The lowest BCUT2D eigenvalue weighted by atomic mass is 10.1. The van der Waals surface area contributed by atoms with Crippen LogP contribution in [0.25, 0.3) is 0 Å². The van der Waals surface area contributed by atoms with Gasteiger partial charge in [-0.3, -0.25) is 4.79 Å². The molecular formula is C14H18N2O3. The van der Waals surface area contributed by atoms with Crippen molar-refractivity contribution >= 4 is 5.91 Å². The van der Waals surface area contributed by atoms with E-state index in [0.29, 0.717) is 31.4 Å². The molecule has 0 aromatic heterocycles. The number of nitrogens with one attached hydrogen (secondary N) is 1. The molecular weight excluding hydrogens is 244 g/mol. The molecule has 3 N–H and O–H groups in total. The van der Waals surface area contributed by atoms with Crippen LogP contribution >= 0.6 is 0 Å². The summed E-state index contributed by atoms with van der Waals surface area (Å²) in [5, 5.41) is 2.93. The third-order valence-corrected chi connectivity index (χ3v) is 3.34. The molecule has 1 fully saturated rings. The van der Waals surface area contributed by atoms with Crippen molar-refractivity contribution in [2.75, 3.05) is 13.2 Å². The summed E-state index contributed by atoms with van der Waals surface area (Å²) in [6, 6.07) is 5.98. The molecule has 1 saturated carbocycles. The number of hydrogen-bond acceptors (Lipinski definition) is 4. The second kappa shape index (κ2) is 5.09. The number of nitrogens with two attached hydrogens (primary N) is 1. The molecule has 1 aromatic carbocycles. The number of fused-ring (bicyclic) bond motifs is 1. The molecule has 0 spiro atoms. The molecule has 3 rings (SSSR count). The molecule has 1 unspecified atom stereocenters. The highest BCUT2D eigenvalue weighted by Crippen LogP contribution is 2.33. The van der Waals surface area contributed by atoms with Crippen LogP contribution in [0, 0.1) is 0 Å². The maximum absolute atomic E-state index is 11.5. The van der Waals surface area contributed by atoms with Crippen molar-refractivity contribution in [3.8, 4) is 11.5 Å². The Labute approximate surface area is 112 Å². The van der Waals surface area contributed by atoms with E-state index in [-0.39, 0.29) is 11.9 Å². The van der Waals surface area contributed by atoms with Crippen molar-refractivity contribution in [2.24, 2.45) is 5.73 Å². The fourth-order valence-corrected chi connectivity index (χ4v) is 2.09. The molecule has 19 heavy (non-hydrogen) atoms. The number of carbonyl (C=O) groups is 1. The lowest BCUT2D eigenvalue weighted by Gasteiger charge is -2.08. The molecule has 0 radical (unpaired) electrons. The van der Waals surface area contributed by atoms with E-state index >= 15 is 0 Å². The number of carbonyl (C=O) groups excluding carboxylic acids is 1. The Morgan fingerprint density at radius 3 is 3.11 bits per heavy atom. The van der Waals surface area contributed by atoms with E-state index in [9.17, 15) is 4.79 Å². The summed E-state index contributed by atoms with van der Waals surface area (Å²) in [5.74, 6) is 1.56. The molecule has 0 saturated heterocycles. The Bertz CT molecular complexity index is 486. The molecule has 1 aromatic rings. The van der Waals surface area contributed by atoms with Crippen LogP contribution in [0.1, 0.15) is 30.9 Å². The summed E-state index contributed by atoms with van der Waals surface area (Å²) in [6.45, 7) is 0.895. The predicted octanol–water partition coefficient (Wildman–Crippen LogP) is 1.13. The first-order valence-electron chi connectivity index (χ1n) is 6.67. The first kappa shape index (κ1) is 12.3. The molecule has 1 heterocycles. The van der Waals surface area contributed by atoms with Crippen LogP contribution in [-0.2, 0) is 4.79 Å². The van der Waals surface area contributed by atoms with Gasteiger partial charge in [-0.15, -0.1) is 0 Å². The van der Waals surface area contributed by atoms with Crippen molar-refractivity contribution in [2.45, 2.75) is 31.3 Å². The third kappa shape index (κ3) is 2.98. The number of benzene rings is 1. The van der Waals surface area contributed by atoms with E-state index in [1.54, 1.807) is 0 Å². The summed E-state index contributed by atoms with van der Waals surface area (Å²) in [7, 11) is 0. The van der Waals surface area contributed by atoms with Crippen molar-refractivity contribution in [3.05, 3.63) is 23.8 Å². The number of rotatable bonds is 5. The summed E-state index contributed by atoms with van der Waals surface area (Å²) in [6.07, 6.45) is 2.60. The monoisotopic (exact) mass is 262 g/mol. The van der Waals surface area contributed by atoms with E-state index in [1.807, 2.05) is 18.2 Å². The molecule has 5 nitrogen and oxygen atoms in total. The Morgan fingerprint density at radius 1 is 1.47 bits per heavy atom. The summed E-state index contributed by atoms with van der Waals surface area (Å²) in [5.41, 5.74) is 6.88. The van der Waals surface area contributed by atoms with E-state index < -0.39 is 0 Å². The topological polar surface area (TPSA) is 73.6 Å². The van der Waals surface area contributed by atoms with Crippen molar-refractivity contribution < 1.29 is 14.3 Å². The number of ether oxygens (including phenoxy) is 2. The van der Waals surface area contributed by atoms with Gasteiger partial charge in [0.1, 0.15) is 18.1 Å². The fourth-order valence-electron chi connectivity index (χ4n) is 2.09. The molecule has 1 amide bonds. The Balaban J connectivity index is 1.48. The van der Waals surface area contributed by atoms with Crippen LogP contribution < -0.4 is 20.5 Å². The predicted molar refractivity (Wildman–Crippen MR) is 70.1 cm³/mol.